The van der Waals surface area contributed by atoms with Crippen molar-refractivity contribution in [2.45, 2.75) is 25.4 Å². The number of rotatable bonds is 5. The van der Waals surface area contributed by atoms with Crippen LogP contribution in [0.5, 0.6) is 0 Å². The third-order valence-electron chi connectivity index (χ3n) is 3.14. The van der Waals surface area contributed by atoms with Gasteiger partial charge in [-0.05, 0) is 13.8 Å². The average Bonchev–Trinajstić information content (AvgIpc) is 2.75. The Hall–Kier alpha value is -1.34. The highest BCUT2D eigenvalue weighted by molar-refractivity contribution is 5.77. The zero-order chi connectivity index (χ0) is 14.6. The average molecular weight is 274 g/mol. The van der Waals surface area contributed by atoms with E-state index in [0.717, 1.165) is 0 Å². The number of amides is 2. The fourth-order valence-corrected chi connectivity index (χ4v) is 2.09. The van der Waals surface area contributed by atoms with E-state index in [2.05, 4.69) is 5.32 Å². The highest BCUT2D eigenvalue weighted by Crippen LogP contribution is 2.19. The number of hydrogen-bond donors (Lipinski definition) is 2. The van der Waals surface area contributed by atoms with Crippen LogP contribution in [0.25, 0.3) is 0 Å². The van der Waals surface area contributed by atoms with Crippen molar-refractivity contribution in [1.29, 1.82) is 0 Å². The molecule has 1 fully saturated rings. The van der Waals surface area contributed by atoms with E-state index in [1.807, 2.05) is 13.8 Å². The van der Waals surface area contributed by atoms with Crippen molar-refractivity contribution in [2.24, 2.45) is 5.92 Å². The van der Waals surface area contributed by atoms with Crippen LogP contribution in [0.2, 0.25) is 0 Å². The summed E-state index contributed by atoms with van der Waals surface area (Å²) in [5.41, 5.74) is -0.516. The van der Waals surface area contributed by atoms with Gasteiger partial charge in [0.05, 0.1) is 31.4 Å². The van der Waals surface area contributed by atoms with E-state index in [4.69, 9.17) is 14.6 Å². The number of nitrogens with one attached hydrogen (secondary N) is 1. The summed E-state index contributed by atoms with van der Waals surface area (Å²) < 4.78 is 10.2. The van der Waals surface area contributed by atoms with Gasteiger partial charge in [-0.1, -0.05) is 0 Å². The lowest BCUT2D eigenvalue weighted by Crippen LogP contribution is -2.55. The number of urea groups is 1. The molecule has 0 aromatic heterocycles. The number of likely N-dealkylation sites (N-methyl/N-ethyl adjacent to an activating group) is 1. The summed E-state index contributed by atoms with van der Waals surface area (Å²) in [6.45, 7) is 4.42. The molecule has 0 aromatic rings. The molecule has 2 unspecified atom stereocenters. The fourth-order valence-electron chi connectivity index (χ4n) is 2.09. The van der Waals surface area contributed by atoms with Crippen LogP contribution < -0.4 is 5.32 Å². The molecular formula is C12H22N2O5. The van der Waals surface area contributed by atoms with Gasteiger partial charge in [0, 0.05) is 14.2 Å². The predicted molar refractivity (Wildman–Crippen MR) is 68.0 cm³/mol. The molecule has 7 nitrogen and oxygen atoms in total. The van der Waals surface area contributed by atoms with E-state index in [1.165, 1.54) is 4.90 Å². The summed E-state index contributed by atoms with van der Waals surface area (Å²) >= 11 is 0. The summed E-state index contributed by atoms with van der Waals surface area (Å²) in [7, 11) is 3.14. The van der Waals surface area contributed by atoms with Gasteiger partial charge >= 0.3 is 12.0 Å². The lowest BCUT2D eigenvalue weighted by atomic mass is 10.0. The first-order valence-electron chi connectivity index (χ1n) is 6.13. The van der Waals surface area contributed by atoms with Gasteiger partial charge < -0.3 is 24.8 Å². The third-order valence-corrected chi connectivity index (χ3v) is 3.14. The molecule has 1 heterocycles. The molecule has 0 radical (unpaired) electrons. The van der Waals surface area contributed by atoms with Gasteiger partial charge in [-0.15, -0.1) is 0 Å². The van der Waals surface area contributed by atoms with Gasteiger partial charge in [-0.2, -0.15) is 0 Å². The van der Waals surface area contributed by atoms with Gasteiger partial charge in [-0.25, -0.2) is 4.79 Å². The Balaban J connectivity index is 2.64. The number of carbonyl (C=O) groups excluding carboxylic acids is 1. The Bertz CT molecular complexity index is 345. The first kappa shape index (κ1) is 15.7. The lowest BCUT2D eigenvalue weighted by Gasteiger charge is -2.32. The van der Waals surface area contributed by atoms with Crippen molar-refractivity contribution in [3.63, 3.8) is 0 Å². The van der Waals surface area contributed by atoms with Gasteiger partial charge in [0.1, 0.15) is 5.92 Å². The number of hydrogen-bond acceptors (Lipinski definition) is 4. The molecule has 1 saturated heterocycles. The van der Waals surface area contributed by atoms with Crippen LogP contribution in [0.3, 0.4) is 0 Å². The molecule has 2 atom stereocenters. The number of carboxylic acid groups (broad SMARTS) is 1. The molecule has 0 bridgehead atoms. The number of carbonyl (C=O) groups is 2. The van der Waals surface area contributed by atoms with E-state index in [-0.39, 0.29) is 19.2 Å². The second-order valence-corrected chi connectivity index (χ2v) is 5.41. The largest absolute Gasteiger partial charge is 0.481 e. The number of nitrogens with zero attached hydrogens (tertiary/aromatic N) is 1. The molecule has 0 aromatic carbocycles. The SMILES string of the molecule is COCC(C)(C)NC(=O)N(C)C1COCC1C(=O)O. The lowest BCUT2D eigenvalue weighted by molar-refractivity contribution is -0.142. The molecule has 1 rings (SSSR count). The number of aliphatic carboxylic acids is 1. The van der Waals surface area contributed by atoms with Crippen LogP contribution in [-0.2, 0) is 14.3 Å². The fraction of sp³-hybridized carbons (Fsp3) is 0.833. The van der Waals surface area contributed by atoms with Crippen LogP contribution in [0.15, 0.2) is 0 Å². The monoisotopic (exact) mass is 274 g/mol. The Morgan fingerprint density at radius 3 is 2.63 bits per heavy atom. The molecule has 1 aliphatic heterocycles. The van der Waals surface area contributed by atoms with Crippen molar-refractivity contribution >= 4 is 12.0 Å². The van der Waals surface area contributed by atoms with E-state index >= 15 is 0 Å². The van der Waals surface area contributed by atoms with E-state index in [0.29, 0.717) is 6.61 Å². The van der Waals surface area contributed by atoms with E-state index in [1.54, 1.807) is 14.2 Å². The zero-order valence-corrected chi connectivity index (χ0v) is 11.8. The van der Waals surface area contributed by atoms with Gasteiger partial charge in [0.15, 0.2) is 0 Å². The van der Waals surface area contributed by atoms with Gasteiger partial charge in [0.25, 0.3) is 0 Å². The standard InChI is InChI=1S/C12H22N2O5/c1-12(2,7-18-4)13-11(17)14(3)9-6-19-5-8(9)10(15)16/h8-9H,5-7H2,1-4H3,(H,13,17)(H,15,16). The molecule has 2 amide bonds. The quantitative estimate of drug-likeness (QED) is 0.745. The van der Waals surface area contributed by atoms with Gasteiger partial charge in [0.2, 0.25) is 0 Å². The molecule has 110 valence electrons. The number of methoxy groups -OCH3 is 1. The molecule has 7 heteroatoms. The molecular weight excluding hydrogens is 252 g/mol. The molecule has 19 heavy (non-hydrogen) atoms. The van der Waals surface area contributed by atoms with Crippen LogP contribution in [0, 0.1) is 5.92 Å². The summed E-state index contributed by atoms with van der Waals surface area (Å²) in [5, 5.41) is 11.9. The van der Waals surface area contributed by atoms with E-state index < -0.39 is 23.5 Å². The Morgan fingerprint density at radius 1 is 1.47 bits per heavy atom. The number of ether oxygens (including phenoxy) is 2. The second kappa shape index (κ2) is 6.21. The topological polar surface area (TPSA) is 88.1 Å². The molecule has 0 spiro atoms. The molecule has 2 N–H and O–H groups in total. The Labute approximate surface area is 112 Å². The van der Waals surface area contributed by atoms with Crippen molar-refractivity contribution < 1.29 is 24.2 Å². The smallest absolute Gasteiger partial charge is 0.317 e. The van der Waals surface area contributed by atoms with Crippen LogP contribution >= 0.6 is 0 Å². The summed E-state index contributed by atoms with van der Waals surface area (Å²) in [6, 6.07) is -0.778. The predicted octanol–water partition coefficient (Wildman–Crippen LogP) is 0.152. The molecule has 0 aliphatic carbocycles. The minimum atomic E-state index is -0.946. The Morgan fingerprint density at radius 2 is 2.11 bits per heavy atom. The Kier molecular flexibility index (Phi) is 5.13. The zero-order valence-electron chi connectivity index (χ0n) is 11.8. The van der Waals surface area contributed by atoms with Crippen molar-refractivity contribution in [3.8, 4) is 0 Å². The van der Waals surface area contributed by atoms with E-state index in [9.17, 15) is 9.59 Å². The number of carboxylic acids is 1. The first-order valence-corrected chi connectivity index (χ1v) is 6.13. The highest BCUT2D eigenvalue weighted by atomic mass is 16.5. The maximum Gasteiger partial charge on any atom is 0.317 e. The molecule has 1 aliphatic rings. The first-order chi connectivity index (χ1) is 8.78. The van der Waals surface area contributed by atoms with Crippen LogP contribution in [-0.4, -0.2) is 67.6 Å². The summed E-state index contributed by atoms with van der Waals surface area (Å²) in [6.07, 6.45) is 0. The summed E-state index contributed by atoms with van der Waals surface area (Å²) in [5.74, 6) is -1.63. The summed E-state index contributed by atoms with van der Waals surface area (Å²) in [4.78, 5) is 24.6. The maximum absolute atomic E-state index is 12.1. The van der Waals surface area contributed by atoms with Crippen molar-refractivity contribution in [2.75, 3.05) is 34.0 Å². The third kappa shape index (κ3) is 4.07. The second-order valence-electron chi connectivity index (χ2n) is 5.41. The minimum absolute atomic E-state index is 0.138. The maximum atomic E-state index is 12.1. The van der Waals surface area contributed by atoms with Crippen LogP contribution in [0.4, 0.5) is 4.79 Å². The van der Waals surface area contributed by atoms with Gasteiger partial charge in [-0.3, -0.25) is 4.79 Å². The minimum Gasteiger partial charge on any atom is -0.481 e. The van der Waals surface area contributed by atoms with Crippen LogP contribution in [0.1, 0.15) is 13.8 Å². The van der Waals surface area contributed by atoms with Crippen molar-refractivity contribution in [1.82, 2.24) is 10.2 Å². The van der Waals surface area contributed by atoms with Crippen molar-refractivity contribution in [3.05, 3.63) is 0 Å². The normalized spacial score (nSPS) is 23.2. The molecule has 0 saturated carbocycles. The highest BCUT2D eigenvalue weighted by Gasteiger charge is 2.39.